The summed E-state index contributed by atoms with van der Waals surface area (Å²) in [4.78, 5) is 14.0. The Hall–Kier alpha value is -0.610. The minimum atomic E-state index is -0.734. The van der Waals surface area contributed by atoms with Crippen LogP contribution in [0.15, 0.2) is 0 Å². The average molecular weight is 270 g/mol. The molecule has 0 spiro atoms. The molecule has 19 heavy (non-hydrogen) atoms. The van der Waals surface area contributed by atoms with Crippen LogP contribution in [-0.4, -0.2) is 48.7 Å². The van der Waals surface area contributed by atoms with Crippen LogP contribution in [0, 0.1) is 17.8 Å². The Morgan fingerprint density at radius 3 is 2.53 bits per heavy atom. The highest BCUT2D eigenvalue weighted by Crippen LogP contribution is 2.41. The van der Waals surface area contributed by atoms with E-state index in [2.05, 4.69) is 31.0 Å². The standard InChI is InChI=1S/C15H30N2O2/c1-11(2)13-7-6-12(3)10-15(13,14(18)19)16-8-9-17(4)5/h11-13,16H,6-10H2,1-5H3,(H,18,19). The Morgan fingerprint density at radius 1 is 1.42 bits per heavy atom. The van der Waals surface area contributed by atoms with Crippen LogP contribution in [0.25, 0.3) is 0 Å². The second-order valence-electron chi connectivity index (χ2n) is 6.74. The molecule has 2 N–H and O–H groups in total. The number of carboxylic acids is 1. The average Bonchev–Trinajstić information content (AvgIpc) is 2.27. The lowest BCUT2D eigenvalue weighted by molar-refractivity contribution is -0.151. The molecular formula is C15H30N2O2. The van der Waals surface area contributed by atoms with Gasteiger partial charge < -0.3 is 15.3 Å². The van der Waals surface area contributed by atoms with Gasteiger partial charge in [0.15, 0.2) is 0 Å². The number of hydrogen-bond donors (Lipinski definition) is 2. The van der Waals surface area contributed by atoms with Gasteiger partial charge in [-0.05, 0) is 44.7 Å². The molecule has 1 rings (SSSR count). The third-order valence-electron chi connectivity index (χ3n) is 4.46. The first-order valence-corrected chi connectivity index (χ1v) is 7.42. The molecule has 4 nitrogen and oxygen atoms in total. The van der Waals surface area contributed by atoms with Gasteiger partial charge in [0.1, 0.15) is 5.54 Å². The van der Waals surface area contributed by atoms with Crippen LogP contribution in [0.1, 0.15) is 40.0 Å². The molecule has 0 aliphatic heterocycles. The third kappa shape index (κ3) is 3.93. The Kier molecular flexibility index (Phi) is 5.81. The van der Waals surface area contributed by atoms with Crippen molar-refractivity contribution < 1.29 is 9.90 Å². The van der Waals surface area contributed by atoms with Crippen LogP contribution in [-0.2, 0) is 4.79 Å². The summed E-state index contributed by atoms with van der Waals surface area (Å²) in [6.07, 6.45) is 2.91. The molecule has 0 aromatic heterocycles. The minimum Gasteiger partial charge on any atom is -0.480 e. The van der Waals surface area contributed by atoms with E-state index >= 15 is 0 Å². The van der Waals surface area contributed by atoms with Crippen molar-refractivity contribution >= 4 is 5.97 Å². The monoisotopic (exact) mass is 270 g/mol. The van der Waals surface area contributed by atoms with Gasteiger partial charge >= 0.3 is 5.97 Å². The highest BCUT2D eigenvalue weighted by molar-refractivity contribution is 5.79. The second kappa shape index (κ2) is 6.71. The van der Waals surface area contributed by atoms with Crippen molar-refractivity contribution in [3.63, 3.8) is 0 Å². The molecule has 0 radical (unpaired) electrons. The van der Waals surface area contributed by atoms with Crippen molar-refractivity contribution in [1.29, 1.82) is 0 Å². The summed E-state index contributed by atoms with van der Waals surface area (Å²) in [5.74, 6) is 0.438. The molecule has 0 saturated heterocycles. The number of carbonyl (C=O) groups is 1. The first-order valence-electron chi connectivity index (χ1n) is 7.42. The van der Waals surface area contributed by atoms with E-state index in [-0.39, 0.29) is 5.92 Å². The molecule has 0 aromatic rings. The molecule has 3 unspecified atom stereocenters. The first-order chi connectivity index (χ1) is 8.79. The van der Waals surface area contributed by atoms with Crippen LogP contribution in [0.2, 0.25) is 0 Å². The number of carboxylic acid groups (broad SMARTS) is 1. The third-order valence-corrected chi connectivity index (χ3v) is 4.46. The van der Waals surface area contributed by atoms with Crippen molar-refractivity contribution in [2.24, 2.45) is 17.8 Å². The second-order valence-corrected chi connectivity index (χ2v) is 6.74. The highest BCUT2D eigenvalue weighted by Gasteiger charge is 2.49. The Balaban J connectivity index is 2.87. The molecule has 0 amide bonds. The van der Waals surface area contributed by atoms with Crippen molar-refractivity contribution in [3.8, 4) is 0 Å². The first kappa shape index (κ1) is 16.4. The predicted molar refractivity (Wildman–Crippen MR) is 78.3 cm³/mol. The van der Waals surface area contributed by atoms with Crippen molar-refractivity contribution in [3.05, 3.63) is 0 Å². The molecule has 1 aliphatic carbocycles. The van der Waals surface area contributed by atoms with Crippen LogP contribution >= 0.6 is 0 Å². The maximum atomic E-state index is 11.9. The fourth-order valence-electron chi connectivity index (χ4n) is 3.44. The van der Waals surface area contributed by atoms with E-state index in [0.717, 1.165) is 32.4 Å². The van der Waals surface area contributed by atoms with Crippen LogP contribution in [0.4, 0.5) is 0 Å². The van der Waals surface area contributed by atoms with Crippen molar-refractivity contribution in [2.75, 3.05) is 27.2 Å². The molecule has 3 atom stereocenters. The lowest BCUT2D eigenvalue weighted by Crippen LogP contribution is -2.62. The van der Waals surface area contributed by atoms with Crippen LogP contribution in [0.3, 0.4) is 0 Å². The highest BCUT2D eigenvalue weighted by atomic mass is 16.4. The summed E-state index contributed by atoms with van der Waals surface area (Å²) in [7, 11) is 4.02. The Morgan fingerprint density at radius 2 is 2.05 bits per heavy atom. The van der Waals surface area contributed by atoms with Crippen molar-refractivity contribution in [2.45, 2.75) is 45.6 Å². The maximum Gasteiger partial charge on any atom is 0.324 e. The summed E-state index contributed by atoms with van der Waals surface area (Å²) >= 11 is 0. The number of aliphatic carboxylic acids is 1. The van der Waals surface area contributed by atoms with Gasteiger partial charge in [0, 0.05) is 13.1 Å². The predicted octanol–water partition coefficient (Wildman–Crippen LogP) is 2.05. The van der Waals surface area contributed by atoms with Gasteiger partial charge in [-0.25, -0.2) is 0 Å². The number of nitrogens with one attached hydrogen (secondary N) is 1. The summed E-state index contributed by atoms with van der Waals surface area (Å²) in [5.41, 5.74) is -0.734. The Bertz CT molecular complexity index is 305. The summed E-state index contributed by atoms with van der Waals surface area (Å²) in [6, 6.07) is 0. The largest absolute Gasteiger partial charge is 0.480 e. The van der Waals surface area contributed by atoms with Gasteiger partial charge in [-0.2, -0.15) is 0 Å². The molecule has 1 aliphatic rings. The van der Waals surface area contributed by atoms with Gasteiger partial charge in [-0.3, -0.25) is 4.79 Å². The number of hydrogen-bond acceptors (Lipinski definition) is 3. The molecule has 0 aromatic carbocycles. The van der Waals surface area contributed by atoms with Crippen LogP contribution < -0.4 is 5.32 Å². The molecular weight excluding hydrogens is 240 g/mol. The number of rotatable bonds is 6. The molecule has 112 valence electrons. The van der Waals surface area contributed by atoms with Gasteiger partial charge in [0.05, 0.1) is 0 Å². The molecule has 1 saturated carbocycles. The van der Waals surface area contributed by atoms with E-state index < -0.39 is 11.5 Å². The summed E-state index contributed by atoms with van der Waals surface area (Å²) in [6.45, 7) is 8.06. The fourth-order valence-corrected chi connectivity index (χ4v) is 3.44. The van der Waals surface area contributed by atoms with E-state index in [9.17, 15) is 9.90 Å². The SMILES string of the molecule is CC1CCC(C(C)C)C(NCCN(C)C)(C(=O)O)C1. The van der Waals surface area contributed by atoms with Gasteiger partial charge in [-0.15, -0.1) is 0 Å². The van der Waals surface area contributed by atoms with E-state index in [4.69, 9.17) is 0 Å². The van der Waals surface area contributed by atoms with Crippen LogP contribution in [0.5, 0.6) is 0 Å². The minimum absolute atomic E-state index is 0.225. The van der Waals surface area contributed by atoms with E-state index in [1.54, 1.807) is 0 Å². The number of likely N-dealkylation sites (N-methyl/N-ethyl adjacent to an activating group) is 1. The lowest BCUT2D eigenvalue weighted by atomic mass is 9.65. The van der Waals surface area contributed by atoms with Gasteiger partial charge in [-0.1, -0.05) is 27.2 Å². The lowest BCUT2D eigenvalue weighted by Gasteiger charge is -2.46. The smallest absolute Gasteiger partial charge is 0.324 e. The zero-order valence-corrected chi connectivity index (χ0v) is 13.1. The quantitative estimate of drug-likeness (QED) is 0.775. The fraction of sp³-hybridized carbons (Fsp3) is 0.933. The van der Waals surface area contributed by atoms with Crippen molar-refractivity contribution in [1.82, 2.24) is 10.2 Å². The van der Waals surface area contributed by atoms with E-state index in [1.165, 1.54) is 0 Å². The van der Waals surface area contributed by atoms with Gasteiger partial charge in [0.25, 0.3) is 0 Å². The summed E-state index contributed by atoms with van der Waals surface area (Å²) in [5, 5.41) is 13.2. The van der Waals surface area contributed by atoms with Gasteiger partial charge in [0.2, 0.25) is 0 Å². The zero-order valence-electron chi connectivity index (χ0n) is 13.1. The summed E-state index contributed by atoms with van der Waals surface area (Å²) < 4.78 is 0. The molecule has 0 heterocycles. The Labute approximate surface area is 117 Å². The zero-order chi connectivity index (χ0) is 14.6. The van der Waals surface area contributed by atoms with E-state index in [1.807, 2.05) is 14.1 Å². The van der Waals surface area contributed by atoms with E-state index in [0.29, 0.717) is 11.8 Å². The maximum absolute atomic E-state index is 11.9. The number of nitrogens with zero attached hydrogens (tertiary/aromatic N) is 1. The normalized spacial score (nSPS) is 31.9. The topological polar surface area (TPSA) is 52.6 Å². The molecule has 1 fully saturated rings. The molecule has 0 bridgehead atoms. The molecule has 4 heteroatoms.